The summed E-state index contributed by atoms with van der Waals surface area (Å²) in [4.78, 5) is 0.938. The maximum atomic E-state index is 12.5. The lowest BCUT2D eigenvalue weighted by Gasteiger charge is -2.09. The van der Waals surface area contributed by atoms with E-state index in [9.17, 15) is 26.3 Å². The van der Waals surface area contributed by atoms with Gasteiger partial charge in [0.1, 0.15) is 0 Å². The predicted octanol–water partition coefficient (Wildman–Crippen LogP) is 5.84. The first-order valence-corrected chi connectivity index (χ1v) is 8.21. The molecule has 0 atom stereocenters. The van der Waals surface area contributed by atoms with Crippen LogP contribution in [0.5, 0.6) is 0 Å². The van der Waals surface area contributed by atoms with Crippen LogP contribution in [0.4, 0.5) is 26.3 Å². The molecule has 2 N–H and O–H groups in total. The average molecular weight is 396 g/mol. The van der Waals surface area contributed by atoms with E-state index in [4.69, 9.17) is 5.84 Å². The third-order valence-corrected chi connectivity index (χ3v) is 4.95. The predicted molar refractivity (Wildman–Crippen MR) is 86.2 cm³/mol. The molecule has 0 aliphatic heterocycles. The lowest BCUT2D eigenvalue weighted by molar-refractivity contribution is -0.138. The van der Waals surface area contributed by atoms with Gasteiger partial charge in [-0.2, -0.15) is 31.4 Å². The topological polar surface area (TPSA) is 38.4 Å². The smallest absolute Gasteiger partial charge is 0.322 e. The van der Waals surface area contributed by atoms with Gasteiger partial charge in [0.25, 0.3) is 0 Å². The number of benzene rings is 2. The number of rotatable bonds is 2. The third kappa shape index (κ3) is 5.60. The van der Waals surface area contributed by atoms with Gasteiger partial charge in [-0.25, -0.2) is 0 Å². The summed E-state index contributed by atoms with van der Waals surface area (Å²) in [5.41, 5.74) is -1.56. The van der Waals surface area contributed by atoms with E-state index in [1.54, 1.807) is 0 Å². The maximum absolute atomic E-state index is 12.5. The van der Waals surface area contributed by atoms with E-state index >= 15 is 0 Å². The van der Waals surface area contributed by atoms with Crippen LogP contribution in [0.15, 0.2) is 63.4 Å². The Morgan fingerprint density at radius 2 is 1.00 bits per heavy atom. The molecule has 2 aromatic carbocycles. The molecule has 2 nitrogen and oxygen atoms in total. The van der Waals surface area contributed by atoms with Gasteiger partial charge in [-0.1, -0.05) is 23.5 Å². The number of nitrogens with two attached hydrogens (primary N) is 1. The van der Waals surface area contributed by atoms with Gasteiger partial charge in [0.05, 0.1) is 11.1 Å². The van der Waals surface area contributed by atoms with Crippen molar-refractivity contribution in [1.82, 2.24) is 0 Å². The molecule has 0 heterocycles. The Hall–Kier alpha value is -1.81. The van der Waals surface area contributed by atoms with Crippen LogP contribution in [0.1, 0.15) is 11.1 Å². The summed E-state index contributed by atoms with van der Waals surface area (Å²) in [6.45, 7) is 0. The van der Waals surface area contributed by atoms with E-state index in [1.807, 2.05) is 0 Å². The molecule has 2 rings (SSSR count). The Morgan fingerprint density at radius 1 is 0.680 bits per heavy atom. The fraction of sp³-hybridized carbons (Fsp3) is 0.133. The first-order chi connectivity index (χ1) is 11.6. The molecule has 0 saturated heterocycles. The van der Waals surface area contributed by atoms with Gasteiger partial charge in [-0.05, 0) is 48.5 Å². The van der Waals surface area contributed by atoms with Crippen molar-refractivity contribution < 1.29 is 26.3 Å². The SMILES string of the molecule is NN=C(Sc1ccc(C(F)(F)F)cc1)Sc1ccc(C(F)(F)F)cc1. The molecule has 134 valence electrons. The van der Waals surface area contributed by atoms with Crippen LogP contribution in [-0.2, 0) is 12.4 Å². The number of alkyl halides is 6. The number of thioether (sulfide) groups is 2. The summed E-state index contributed by atoms with van der Waals surface area (Å²) in [7, 11) is 0. The zero-order valence-corrected chi connectivity index (χ0v) is 13.9. The molecule has 0 radical (unpaired) electrons. The van der Waals surface area contributed by atoms with Crippen molar-refractivity contribution in [3.8, 4) is 0 Å². The first kappa shape index (κ1) is 19.5. The second-order valence-corrected chi connectivity index (χ2v) is 7.03. The monoisotopic (exact) mass is 396 g/mol. The molecule has 10 heteroatoms. The van der Waals surface area contributed by atoms with Crippen molar-refractivity contribution in [2.24, 2.45) is 10.9 Å². The Balaban J connectivity index is 2.06. The van der Waals surface area contributed by atoms with Crippen LogP contribution < -0.4 is 5.84 Å². The van der Waals surface area contributed by atoms with Gasteiger partial charge in [0.2, 0.25) is 0 Å². The normalized spacial score (nSPS) is 12.1. The zero-order chi connectivity index (χ0) is 18.7. The summed E-state index contributed by atoms with van der Waals surface area (Å²) in [6, 6.07) is 8.80. The van der Waals surface area contributed by atoms with Crippen LogP contribution >= 0.6 is 23.5 Å². The van der Waals surface area contributed by atoms with Crippen LogP contribution in [0.25, 0.3) is 0 Å². The summed E-state index contributed by atoms with van der Waals surface area (Å²) < 4.78 is 75.4. The van der Waals surface area contributed by atoms with Crippen LogP contribution in [0, 0.1) is 0 Å². The molecule has 0 saturated carbocycles. The number of hydrogen-bond acceptors (Lipinski definition) is 4. The fourth-order valence-corrected chi connectivity index (χ4v) is 3.50. The highest BCUT2D eigenvalue weighted by Crippen LogP contribution is 2.35. The minimum Gasteiger partial charge on any atom is -0.322 e. The van der Waals surface area contributed by atoms with Gasteiger partial charge < -0.3 is 5.84 Å². The van der Waals surface area contributed by atoms with E-state index in [2.05, 4.69) is 5.10 Å². The van der Waals surface area contributed by atoms with E-state index in [0.29, 0.717) is 9.79 Å². The van der Waals surface area contributed by atoms with Crippen molar-refractivity contribution in [2.75, 3.05) is 0 Å². The van der Waals surface area contributed by atoms with E-state index in [0.717, 1.165) is 47.8 Å². The average Bonchev–Trinajstić information content (AvgIpc) is 2.53. The molecule has 0 unspecified atom stereocenters. The van der Waals surface area contributed by atoms with Crippen molar-refractivity contribution >= 4 is 27.9 Å². The summed E-state index contributed by atoms with van der Waals surface area (Å²) in [5.74, 6) is 5.25. The molecule has 0 bridgehead atoms. The van der Waals surface area contributed by atoms with Crippen LogP contribution in [-0.4, -0.2) is 4.38 Å². The lowest BCUT2D eigenvalue weighted by Crippen LogP contribution is -2.04. The quantitative estimate of drug-likeness (QED) is 0.173. The Labute approximate surface area is 147 Å². The van der Waals surface area contributed by atoms with E-state index < -0.39 is 23.5 Å². The van der Waals surface area contributed by atoms with Crippen molar-refractivity contribution in [1.29, 1.82) is 0 Å². The van der Waals surface area contributed by atoms with Crippen molar-refractivity contribution in [3.05, 3.63) is 59.7 Å². The van der Waals surface area contributed by atoms with Gasteiger partial charge in [-0.15, -0.1) is 0 Å². The molecule has 0 fully saturated rings. The molecule has 0 spiro atoms. The highest BCUT2D eigenvalue weighted by atomic mass is 32.2. The summed E-state index contributed by atoms with van der Waals surface area (Å²) in [5, 5.41) is 3.52. The molecule has 2 aromatic rings. The number of hydrazone groups is 1. The second kappa shape index (κ2) is 7.61. The first-order valence-electron chi connectivity index (χ1n) is 6.57. The highest BCUT2D eigenvalue weighted by Gasteiger charge is 2.30. The number of halogens is 6. The van der Waals surface area contributed by atoms with Gasteiger partial charge in [-0.3, -0.25) is 0 Å². The van der Waals surface area contributed by atoms with Gasteiger partial charge in [0.15, 0.2) is 4.38 Å². The summed E-state index contributed by atoms with van der Waals surface area (Å²) in [6.07, 6.45) is -8.86. The fourth-order valence-electron chi connectivity index (χ4n) is 1.70. The molecule has 0 aliphatic carbocycles. The Kier molecular flexibility index (Phi) is 5.94. The zero-order valence-electron chi connectivity index (χ0n) is 12.2. The Morgan fingerprint density at radius 3 is 1.24 bits per heavy atom. The van der Waals surface area contributed by atoms with E-state index in [-0.39, 0.29) is 4.38 Å². The number of hydrogen-bond donors (Lipinski definition) is 1. The van der Waals surface area contributed by atoms with Gasteiger partial charge >= 0.3 is 12.4 Å². The van der Waals surface area contributed by atoms with Crippen LogP contribution in [0.2, 0.25) is 0 Å². The minimum atomic E-state index is -4.43. The molecular formula is C15H10F6N2S2. The highest BCUT2D eigenvalue weighted by molar-refractivity contribution is 8.38. The van der Waals surface area contributed by atoms with Crippen molar-refractivity contribution in [2.45, 2.75) is 22.1 Å². The number of nitrogens with zero attached hydrogens (tertiary/aromatic N) is 1. The minimum absolute atomic E-state index is 0.277. The molecule has 0 aromatic heterocycles. The third-order valence-electron chi connectivity index (χ3n) is 2.88. The second-order valence-electron chi connectivity index (χ2n) is 4.64. The molecular weight excluding hydrogens is 386 g/mol. The standard InChI is InChI=1S/C15H10F6N2S2/c16-14(17,18)9-1-5-11(6-2-9)24-13(23-22)25-12-7-3-10(4-8-12)15(19,20)21/h1-8H,22H2. The Bertz CT molecular complexity index is 675. The molecule has 0 aliphatic rings. The lowest BCUT2D eigenvalue weighted by atomic mass is 10.2. The maximum Gasteiger partial charge on any atom is 0.416 e. The van der Waals surface area contributed by atoms with Crippen molar-refractivity contribution in [3.63, 3.8) is 0 Å². The summed E-state index contributed by atoms with van der Waals surface area (Å²) >= 11 is 2.02. The molecule has 25 heavy (non-hydrogen) atoms. The van der Waals surface area contributed by atoms with Crippen LogP contribution in [0.3, 0.4) is 0 Å². The van der Waals surface area contributed by atoms with Gasteiger partial charge in [0, 0.05) is 9.79 Å². The van der Waals surface area contributed by atoms with E-state index in [1.165, 1.54) is 24.3 Å². The largest absolute Gasteiger partial charge is 0.416 e. The molecule has 0 amide bonds.